The minimum absolute atomic E-state index is 0.104. The van der Waals surface area contributed by atoms with Crippen molar-refractivity contribution in [1.82, 2.24) is 0 Å². The summed E-state index contributed by atoms with van der Waals surface area (Å²) in [5, 5.41) is 0.191. The van der Waals surface area contributed by atoms with Crippen molar-refractivity contribution in [2.45, 2.75) is 6.92 Å². The van der Waals surface area contributed by atoms with E-state index in [0.717, 1.165) is 0 Å². The van der Waals surface area contributed by atoms with Gasteiger partial charge in [-0.05, 0) is 24.6 Å². The van der Waals surface area contributed by atoms with E-state index < -0.39 is 0 Å². The normalized spacial score (nSPS) is 9.77. The minimum Gasteiger partial charge on any atom is -0.370 e. The molecule has 13 heavy (non-hydrogen) atoms. The Morgan fingerprint density at radius 3 is 2.62 bits per heavy atom. The third-order valence-corrected chi connectivity index (χ3v) is 1.78. The van der Waals surface area contributed by atoms with Crippen LogP contribution < -0.4 is 11.5 Å². The van der Waals surface area contributed by atoms with Crippen LogP contribution in [-0.4, -0.2) is 5.96 Å². The lowest BCUT2D eigenvalue weighted by Crippen LogP contribution is -2.21. The van der Waals surface area contributed by atoms with E-state index in [-0.39, 0.29) is 16.8 Å². The van der Waals surface area contributed by atoms with Crippen LogP contribution in [0.15, 0.2) is 17.1 Å². The van der Waals surface area contributed by atoms with Crippen molar-refractivity contribution in [2.24, 2.45) is 16.5 Å². The molecular formula is C8H9ClFN3. The van der Waals surface area contributed by atoms with Crippen LogP contribution in [0.25, 0.3) is 0 Å². The fourth-order valence-electron chi connectivity index (χ4n) is 0.867. The number of nitrogens with zero attached hydrogens (tertiary/aromatic N) is 1. The molecule has 0 atom stereocenters. The molecule has 0 fully saturated rings. The quantitative estimate of drug-likeness (QED) is 0.537. The standard InChI is InChI=1S/C8H9ClFN3/c1-4-2-7(13-8(11)12)5(9)3-6(4)10/h2-3H,1H3,(H4,11,12,13). The van der Waals surface area contributed by atoms with Crippen molar-refractivity contribution in [2.75, 3.05) is 0 Å². The number of nitrogens with two attached hydrogens (primary N) is 2. The SMILES string of the molecule is Cc1cc(N=C(N)N)c(Cl)cc1F. The van der Waals surface area contributed by atoms with Gasteiger partial charge in [0, 0.05) is 0 Å². The number of rotatable bonds is 1. The molecule has 3 nitrogen and oxygen atoms in total. The lowest BCUT2D eigenvalue weighted by Gasteiger charge is -2.01. The molecule has 1 aromatic rings. The Kier molecular flexibility index (Phi) is 2.72. The second kappa shape index (κ2) is 3.62. The monoisotopic (exact) mass is 201 g/mol. The van der Waals surface area contributed by atoms with Gasteiger partial charge >= 0.3 is 0 Å². The van der Waals surface area contributed by atoms with Crippen LogP contribution in [0.4, 0.5) is 10.1 Å². The summed E-state index contributed by atoms with van der Waals surface area (Å²) in [5.74, 6) is -0.479. The molecule has 0 aromatic heterocycles. The van der Waals surface area contributed by atoms with E-state index in [1.54, 1.807) is 6.92 Å². The Hall–Kier alpha value is -1.29. The van der Waals surface area contributed by atoms with Crippen LogP contribution >= 0.6 is 11.6 Å². The summed E-state index contributed by atoms with van der Waals surface area (Å²) in [6, 6.07) is 2.66. The molecular weight excluding hydrogens is 193 g/mol. The van der Waals surface area contributed by atoms with Crippen LogP contribution in [0.1, 0.15) is 5.56 Å². The summed E-state index contributed by atoms with van der Waals surface area (Å²) >= 11 is 5.69. The summed E-state index contributed by atoms with van der Waals surface area (Å²) in [5.41, 5.74) is 11.1. The second-order valence-electron chi connectivity index (χ2n) is 2.59. The Morgan fingerprint density at radius 1 is 1.46 bits per heavy atom. The van der Waals surface area contributed by atoms with Gasteiger partial charge in [-0.15, -0.1) is 0 Å². The first-order valence-electron chi connectivity index (χ1n) is 3.56. The number of aliphatic imine (C=N–C) groups is 1. The van der Waals surface area contributed by atoms with E-state index in [2.05, 4.69) is 4.99 Å². The highest BCUT2D eigenvalue weighted by Crippen LogP contribution is 2.27. The summed E-state index contributed by atoms with van der Waals surface area (Å²) < 4.78 is 12.9. The van der Waals surface area contributed by atoms with E-state index in [4.69, 9.17) is 23.1 Å². The number of hydrogen-bond donors (Lipinski definition) is 2. The van der Waals surface area contributed by atoms with Gasteiger partial charge in [-0.2, -0.15) is 0 Å². The molecule has 0 amide bonds. The second-order valence-corrected chi connectivity index (χ2v) is 3.00. The molecule has 0 bridgehead atoms. The Bertz CT molecular complexity index is 359. The molecule has 0 aliphatic rings. The van der Waals surface area contributed by atoms with Gasteiger partial charge in [0.1, 0.15) is 5.82 Å². The molecule has 5 heteroatoms. The van der Waals surface area contributed by atoms with E-state index in [1.165, 1.54) is 12.1 Å². The summed E-state index contributed by atoms with van der Waals surface area (Å²) in [4.78, 5) is 3.73. The lowest BCUT2D eigenvalue weighted by molar-refractivity contribution is 0.619. The van der Waals surface area contributed by atoms with E-state index in [9.17, 15) is 4.39 Å². The van der Waals surface area contributed by atoms with Crippen LogP contribution in [0.5, 0.6) is 0 Å². The molecule has 0 radical (unpaired) electrons. The highest BCUT2D eigenvalue weighted by molar-refractivity contribution is 6.33. The third-order valence-electron chi connectivity index (χ3n) is 1.48. The molecule has 1 aromatic carbocycles. The molecule has 0 spiro atoms. The zero-order valence-electron chi connectivity index (χ0n) is 7.01. The number of aryl methyl sites for hydroxylation is 1. The number of halogens is 2. The van der Waals surface area contributed by atoms with Gasteiger partial charge in [0.15, 0.2) is 5.96 Å². The van der Waals surface area contributed by atoms with Crippen LogP contribution in [-0.2, 0) is 0 Å². The number of benzene rings is 1. The van der Waals surface area contributed by atoms with E-state index in [1.807, 2.05) is 0 Å². The zero-order valence-corrected chi connectivity index (χ0v) is 7.77. The van der Waals surface area contributed by atoms with Crippen molar-refractivity contribution in [1.29, 1.82) is 0 Å². The van der Waals surface area contributed by atoms with Crippen LogP contribution in [0.3, 0.4) is 0 Å². The van der Waals surface area contributed by atoms with Gasteiger partial charge in [-0.3, -0.25) is 0 Å². The number of guanidine groups is 1. The number of hydrogen-bond acceptors (Lipinski definition) is 1. The third kappa shape index (κ3) is 2.32. The Labute approximate surface area is 80.2 Å². The molecule has 0 unspecified atom stereocenters. The van der Waals surface area contributed by atoms with Gasteiger partial charge in [0.05, 0.1) is 10.7 Å². The maximum atomic E-state index is 12.9. The predicted octanol–water partition coefficient (Wildman–Crippen LogP) is 1.69. The van der Waals surface area contributed by atoms with E-state index in [0.29, 0.717) is 11.3 Å². The molecule has 0 aliphatic heterocycles. The van der Waals surface area contributed by atoms with E-state index >= 15 is 0 Å². The average molecular weight is 202 g/mol. The molecule has 70 valence electrons. The zero-order chi connectivity index (χ0) is 10.0. The predicted molar refractivity (Wildman–Crippen MR) is 51.6 cm³/mol. The first kappa shape index (κ1) is 9.80. The minimum atomic E-state index is -0.375. The van der Waals surface area contributed by atoms with Gasteiger partial charge < -0.3 is 11.5 Å². The highest BCUT2D eigenvalue weighted by atomic mass is 35.5. The summed E-state index contributed by atoms with van der Waals surface area (Å²) in [7, 11) is 0. The van der Waals surface area contributed by atoms with Crippen LogP contribution in [0, 0.1) is 12.7 Å². The molecule has 0 saturated carbocycles. The Morgan fingerprint density at radius 2 is 2.08 bits per heavy atom. The highest BCUT2D eigenvalue weighted by Gasteiger charge is 2.04. The molecule has 0 saturated heterocycles. The first-order valence-corrected chi connectivity index (χ1v) is 3.94. The fraction of sp³-hybridized carbons (Fsp3) is 0.125. The smallest absolute Gasteiger partial charge is 0.191 e. The molecule has 0 heterocycles. The maximum Gasteiger partial charge on any atom is 0.191 e. The fourth-order valence-corrected chi connectivity index (χ4v) is 1.06. The maximum absolute atomic E-state index is 12.9. The van der Waals surface area contributed by atoms with Gasteiger partial charge in [0.2, 0.25) is 0 Å². The van der Waals surface area contributed by atoms with Gasteiger partial charge in [-0.1, -0.05) is 11.6 Å². The largest absolute Gasteiger partial charge is 0.370 e. The topological polar surface area (TPSA) is 64.4 Å². The Balaban J connectivity index is 3.24. The molecule has 4 N–H and O–H groups in total. The summed E-state index contributed by atoms with van der Waals surface area (Å²) in [6.07, 6.45) is 0. The van der Waals surface area contributed by atoms with Gasteiger partial charge in [-0.25, -0.2) is 9.38 Å². The van der Waals surface area contributed by atoms with Crippen molar-refractivity contribution in [3.8, 4) is 0 Å². The van der Waals surface area contributed by atoms with Crippen molar-refractivity contribution in [3.05, 3.63) is 28.5 Å². The van der Waals surface area contributed by atoms with Gasteiger partial charge in [0.25, 0.3) is 0 Å². The van der Waals surface area contributed by atoms with Crippen LogP contribution in [0.2, 0.25) is 5.02 Å². The first-order chi connectivity index (χ1) is 6.00. The average Bonchev–Trinajstić information content (AvgIpc) is 1.99. The van der Waals surface area contributed by atoms with Crippen molar-refractivity contribution < 1.29 is 4.39 Å². The van der Waals surface area contributed by atoms with Crippen molar-refractivity contribution >= 4 is 23.2 Å². The molecule has 1 rings (SSSR count). The lowest BCUT2D eigenvalue weighted by atomic mass is 10.2. The van der Waals surface area contributed by atoms with Crippen molar-refractivity contribution in [3.63, 3.8) is 0 Å². The summed E-state index contributed by atoms with van der Waals surface area (Å²) in [6.45, 7) is 1.61. The molecule has 0 aliphatic carbocycles.